The topological polar surface area (TPSA) is 97.6 Å². The highest BCUT2D eigenvalue weighted by Crippen LogP contribution is 2.39. The maximum atomic E-state index is 12.3. The third kappa shape index (κ3) is 3.40. The first kappa shape index (κ1) is 16.6. The van der Waals surface area contributed by atoms with Gasteiger partial charge in [0.25, 0.3) is 5.91 Å². The van der Waals surface area contributed by atoms with Crippen molar-refractivity contribution in [3.63, 3.8) is 0 Å². The van der Waals surface area contributed by atoms with Crippen molar-refractivity contribution in [2.24, 2.45) is 0 Å². The molecule has 0 spiro atoms. The molecule has 1 aliphatic heterocycles. The van der Waals surface area contributed by atoms with Crippen LogP contribution in [-0.2, 0) is 0 Å². The van der Waals surface area contributed by atoms with Gasteiger partial charge in [-0.15, -0.1) is 0 Å². The van der Waals surface area contributed by atoms with E-state index in [4.69, 9.17) is 9.15 Å². The van der Waals surface area contributed by atoms with Crippen LogP contribution in [0.3, 0.4) is 0 Å². The van der Waals surface area contributed by atoms with Gasteiger partial charge in [0.05, 0.1) is 7.11 Å². The summed E-state index contributed by atoms with van der Waals surface area (Å²) in [6, 6.07) is 3.06. The van der Waals surface area contributed by atoms with E-state index in [9.17, 15) is 9.59 Å². The SMILES string of the molecule is COc1coc(C(=O)NC2CCN(c3nccc(C4CC4)n3)C2)cc1=O. The van der Waals surface area contributed by atoms with Crippen LogP contribution in [0.4, 0.5) is 5.95 Å². The Bertz CT molecular complexity index is 877. The number of aromatic nitrogens is 2. The number of anilines is 1. The average Bonchev–Trinajstić information content (AvgIpc) is 3.41. The fourth-order valence-electron chi connectivity index (χ4n) is 3.10. The van der Waals surface area contributed by atoms with Crippen LogP contribution in [0.2, 0.25) is 0 Å². The minimum absolute atomic E-state index is 0.0266. The average molecular weight is 356 g/mol. The third-order valence-electron chi connectivity index (χ3n) is 4.71. The van der Waals surface area contributed by atoms with Gasteiger partial charge in [0.15, 0.2) is 5.76 Å². The highest BCUT2D eigenvalue weighted by Gasteiger charge is 2.29. The molecule has 0 bridgehead atoms. The Hall–Kier alpha value is -2.90. The molecule has 136 valence electrons. The summed E-state index contributed by atoms with van der Waals surface area (Å²) in [4.78, 5) is 35.1. The van der Waals surface area contributed by atoms with Gasteiger partial charge >= 0.3 is 0 Å². The second-order valence-electron chi connectivity index (χ2n) is 6.64. The first-order valence-corrected chi connectivity index (χ1v) is 8.69. The van der Waals surface area contributed by atoms with Gasteiger partial charge in [-0.05, 0) is 25.3 Å². The van der Waals surface area contributed by atoms with Crippen molar-refractivity contribution in [2.45, 2.75) is 31.2 Å². The van der Waals surface area contributed by atoms with E-state index in [1.165, 1.54) is 20.0 Å². The van der Waals surface area contributed by atoms with E-state index in [-0.39, 0.29) is 23.0 Å². The summed E-state index contributed by atoms with van der Waals surface area (Å²) >= 11 is 0. The van der Waals surface area contributed by atoms with Crippen LogP contribution in [0.1, 0.15) is 41.4 Å². The molecular formula is C18H20N4O4. The Kier molecular flexibility index (Phi) is 4.32. The quantitative estimate of drug-likeness (QED) is 0.863. The summed E-state index contributed by atoms with van der Waals surface area (Å²) in [5.41, 5.74) is 0.713. The summed E-state index contributed by atoms with van der Waals surface area (Å²) in [7, 11) is 1.37. The molecule has 1 aliphatic carbocycles. The van der Waals surface area contributed by atoms with E-state index in [1.54, 1.807) is 6.20 Å². The molecule has 1 N–H and O–H groups in total. The maximum Gasteiger partial charge on any atom is 0.287 e. The van der Waals surface area contributed by atoms with Crippen LogP contribution in [0.25, 0.3) is 0 Å². The number of carbonyl (C=O) groups is 1. The monoisotopic (exact) mass is 356 g/mol. The molecule has 8 heteroatoms. The Morgan fingerprint density at radius 1 is 1.38 bits per heavy atom. The molecule has 1 saturated carbocycles. The Balaban J connectivity index is 1.39. The van der Waals surface area contributed by atoms with Gasteiger partial charge in [0, 0.05) is 43.0 Å². The number of hydrogen-bond acceptors (Lipinski definition) is 7. The van der Waals surface area contributed by atoms with Gasteiger partial charge in [-0.3, -0.25) is 9.59 Å². The minimum atomic E-state index is -0.413. The molecule has 0 aromatic carbocycles. The second-order valence-corrected chi connectivity index (χ2v) is 6.64. The van der Waals surface area contributed by atoms with Crippen LogP contribution in [-0.4, -0.2) is 42.1 Å². The van der Waals surface area contributed by atoms with E-state index < -0.39 is 5.91 Å². The molecule has 8 nitrogen and oxygen atoms in total. The van der Waals surface area contributed by atoms with Crippen molar-refractivity contribution >= 4 is 11.9 Å². The van der Waals surface area contributed by atoms with Crippen LogP contribution < -0.4 is 20.4 Å². The zero-order chi connectivity index (χ0) is 18.1. The maximum absolute atomic E-state index is 12.3. The fraction of sp³-hybridized carbons (Fsp3) is 0.444. The molecular weight excluding hydrogens is 336 g/mol. The van der Waals surface area contributed by atoms with E-state index in [2.05, 4.69) is 20.2 Å². The van der Waals surface area contributed by atoms with Gasteiger partial charge in [-0.2, -0.15) is 0 Å². The van der Waals surface area contributed by atoms with Gasteiger partial charge in [-0.1, -0.05) is 0 Å². The zero-order valence-corrected chi connectivity index (χ0v) is 14.5. The second kappa shape index (κ2) is 6.78. The van der Waals surface area contributed by atoms with Gasteiger partial charge in [-0.25, -0.2) is 9.97 Å². The van der Waals surface area contributed by atoms with Crippen molar-refractivity contribution in [1.29, 1.82) is 0 Å². The number of carbonyl (C=O) groups excluding carboxylic acids is 1. The molecule has 2 aromatic rings. The smallest absolute Gasteiger partial charge is 0.287 e. The Morgan fingerprint density at radius 3 is 2.96 bits per heavy atom. The van der Waals surface area contributed by atoms with Crippen LogP contribution in [0, 0.1) is 0 Å². The predicted molar refractivity (Wildman–Crippen MR) is 93.6 cm³/mol. The van der Waals surface area contributed by atoms with E-state index >= 15 is 0 Å². The first-order chi connectivity index (χ1) is 12.6. The summed E-state index contributed by atoms with van der Waals surface area (Å²) in [6.45, 7) is 1.39. The highest BCUT2D eigenvalue weighted by atomic mass is 16.5. The molecule has 2 aromatic heterocycles. The third-order valence-corrected chi connectivity index (χ3v) is 4.71. The van der Waals surface area contributed by atoms with Crippen molar-refractivity contribution in [3.8, 4) is 5.75 Å². The van der Waals surface area contributed by atoms with Crippen molar-refractivity contribution in [3.05, 3.63) is 46.3 Å². The molecule has 4 rings (SSSR count). The molecule has 1 atom stereocenters. The van der Waals surface area contributed by atoms with Crippen LogP contribution in [0.5, 0.6) is 5.75 Å². The lowest BCUT2D eigenvalue weighted by Gasteiger charge is -2.17. The van der Waals surface area contributed by atoms with E-state index in [0.717, 1.165) is 31.0 Å². The Morgan fingerprint density at radius 2 is 2.23 bits per heavy atom. The van der Waals surface area contributed by atoms with E-state index in [0.29, 0.717) is 18.4 Å². The number of nitrogens with one attached hydrogen (secondary N) is 1. The predicted octanol–water partition coefficient (Wildman–Crippen LogP) is 1.32. The number of ether oxygens (including phenoxy) is 1. The van der Waals surface area contributed by atoms with E-state index in [1.807, 2.05) is 6.07 Å². The largest absolute Gasteiger partial charge is 0.490 e. The Labute approximate surface area is 150 Å². The number of nitrogens with zero attached hydrogens (tertiary/aromatic N) is 3. The zero-order valence-electron chi connectivity index (χ0n) is 14.5. The molecule has 2 aliphatic rings. The number of hydrogen-bond donors (Lipinski definition) is 1. The molecule has 3 heterocycles. The van der Waals surface area contributed by atoms with Crippen molar-refractivity contribution in [1.82, 2.24) is 15.3 Å². The van der Waals surface area contributed by atoms with Crippen LogP contribution in [0.15, 0.2) is 33.8 Å². The molecule has 1 amide bonds. The van der Waals surface area contributed by atoms with Crippen molar-refractivity contribution in [2.75, 3.05) is 25.1 Å². The highest BCUT2D eigenvalue weighted by molar-refractivity contribution is 5.91. The van der Waals surface area contributed by atoms with Gasteiger partial charge in [0.2, 0.25) is 17.1 Å². The van der Waals surface area contributed by atoms with Gasteiger partial charge in [0.1, 0.15) is 6.26 Å². The molecule has 2 fully saturated rings. The molecule has 1 saturated heterocycles. The van der Waals surface area contributed by atoms with Crippen LogP contribution >= 0.6 is 0 Å². The first-order valence-electron chi connectivity index (χ1n) is 8.69. The fourth-order valence-corrected chi connectivity index (χ4v) is 3.10. The summed E-state index contributed by atoms with van der Waals surface area (Å²) < 4.78 is 10.0. The lowest BCUT2D eigenvalue weighted by atomic mass is 10.2. The molecule has 1 unspecified atom stereocenters. The number of rotatable bonds is 5. The summed E-state index contributed by atoms with van der Waals surface area (Å²) in [6.07, 6.45) is 6.12. The lowest BCUT2D eigenvalue weighted by molar-refractivity contribution is 0.0909. The number of methoxy groups -OCH3 is 1. The van der Waals surface area contributed by atoms with Crippen molar-refractivity contribution < 1.29 is 13.9 Å². The standard InChI is InChI=1S/C18H20N4O4/c1-25-16-10-26-15(8-14(16)23)17(24)20-12-5-7-22(9-12)18-19-6-4-13(21-18)11-2-3-11/h4,6,8,10-12H,2-3,5,7,9H2,1H3,(H,20,24). The molecule has 0 radical (unpaired) electrons. The normalized spacial score (nSPS) is 19.4. The van der Waals surface area contributed by atoms with Gasteiger partial charge < -0.3 is 19.4 Å². The lowest BCUT2D eigenvalue weighted by Crippen LogP contribution is -2.37. The summed E-state index contributed by atoms with van der Waals surface area (Å²) in [5, 5.41) is 2.90. The molecule has 26 heavy (non-hydrogen) atoms. The minimum Gasteiger partial charge on any atom is -0.490 e. The summed E-state index contributed by atoms with van der Waals surface area (Å²) in [5.74, 6) is 0.918. The number of amides is 1.